The summed E-state index contributed by atoms with van der Waals surface area (Å²) in [4.78, 5) is 29.9. The van der Waals surface area contributed by atoms with Crippen molar-refractivity contribution in [2.24, 2.45) is 35.0 Å². The first-order chi connectivity index (χ1) is 21.0. The van der Waals surface area contributed by atoms with Gasteiger partial charge in [0.05, 0.1) is 48.5 Å². The van der Waals surface area contributed by atoms with Gasteiger partial charge < -0.3 is 43.6 Å². The lowest BCUT2D eigenvalue weighted by molar-refractivity contribution is -0.248. The molecule has 2 bridgehead atoms. The molecule has 13 heteroatoms. The molecule has 2 aliphatic carbocycles. The van der Waals surface area contributed by atoms with E-state index in [0.29, 0.717) is 10.9 Å². The van der Waals surface area contributed by atoms with Crippen LogP contribution < -0.4 is 0 Å². The Morgan fingerprint density at radius 1 is 1.23 bits per heavy atom. The minimum atomic E-state index is -1.04. The number of aliphatic hydroxyl groups is 2. The number of aromatic nitrogens is 1. The van der Waals surface area contributed by atoms with Crippen LogP contribution in [-0.4, -0.2) is 105 Å². The molecule has 1 spiro atoms. The highest BCUT2D eigenvalue weighted by Gasteiger charge is 2.67. The van der Waals surface area contributed by atoms with E-state index in [1.807, 2.05) is 32.1 Å². The van der Waals surface area contributed by atoms with Crippen molar-refractivity contribution in [1.82, 2.24) is 4.98 Å². The van der Waals surface area contributed by atoms with Crippen molar-refractivity contribution in [3.8, 4) is 0 Å². The molecule has 0 amide bonds. The van der Waals surface area contributed by atoms with Crippen molar-refractivity contribution < 1.29 is 48.2 Å². The largest absolute Gasteiger partial charge is 0.459 e. The van der Waals surface area contributed by atoms with E-state index >= 15 is 0 Å². The average molecular weight is 703 g/mol. The predicted molar refractivity (Wildman–Crippen MR) is 162 cm³/mol. The minimum Gasteiger partial charge on any atom is -0.459 e. The highest BCUT2D eigenvalue weighted by atomic mass is 79.9. The van der Waals surface area contributed by atoms with E-state index in [2.05, 4.69) is 20.9 Å². The van der Waals surface area contributed by atoms with Gasteiger partial charge in [-0.2, -0.15) is 0 Å². The number of ether oxygens (including phenoxy) is 6. The molecule has 1 saturated carbocycles. The number of rotatable bonds is 9. The number of allylic oxidation sites excluding steroid dienone is 1. The van der Waals surface area contributed by atoms with E-state index in [4.69, 9.17) is 40.0 Å². The molecule has 2 fully saturated rings. The van der Waals surface area contributed by atoms with Gasteiger partial charge in [0, 0.05) is 50.4 Å². The Balaban J connectivity index is 1.56. The fourth-order valence-corrected chi connectivity index (χ4v) is 8.57. The Morgan fingerprint density at radius 2 is 1.95 bits per heavy atom. The molecule has 12 atom stereocenters. The van der Waals surface area contributed by atoms with Crippen LogP contribution in [0.25, 0.3) is 0 Å². The van der Waals surface area contributed by atoms with Crippen LogP contribution >= 0.6 is 27.5 Å². The molecule has 3 N–H and O–H groups in total. The fraction of sp³-hybridized carbons (Fsp3) is 0.677. The number of aliphatic hydroxyl groups excluding tert-OH is 2. The summed E-state index contributed by atoms with van der Waals surface area (Å²) in [5, 5.41) is 23.3. The van der Waals surface area contributed by atoms with Crippen molar-refractivity contribution in [2.75, 3.05) is 41.2 Å². The Hall–Kier alpha value is -1.77. The van der Waals surface area contributed by atoms with Gasteiger partial charge in [-0.1, -0.05) is 42.3 Å². The van der Waals surface area contributed by atoms with Gasteiger partial charge >= 0.3 is 11.9 Å². The number of nitrogens with one attached hydrogen (secondary N) is 1. The summed E-state index contributed by atoms with van der Waals surface area (Å²) >= 11 is 9.40. The molecule has 1 aromatic rings. The number of hydrogen-bond donors (Lipinski definition) is 3. The van der Waals surface area contributed by atoms with Gasteiger partial charge in [-0.3, -0.25) is 4.79 Å². The van der Waals surface area contributed by atoms with E-state index in [1.54, 1.807) is 0 Å². The highest BCUT2D eigenvalue weighted by Crippen LogP contribution is 2.62. The number of carbonyl (C=O) groups excluding carboxylic acids is 2. The minimum absolute atomic E-state index is 0.00218. The maximum Gasteiger partial charge on any atom is 0.355 e. The molecule has 3 heterocycles. The Labute approximate surface area is 270 Å². The predicted octanol–water partition coefficient (Wildman–Crippen LogP) is 3.32. The number of carbonyl (C=O) groups is 2. The van der Waals surface area contributed by atoms with E-state index in [1.165, 1.54) is 27.4 Å². The maximum atomic E-state index is 13.8. The average Bonchev–Trinajstić information content (AvgIpc) is 3.54. The van der Waals surface area contributed by atoms with E-state index in [-0.39, 0.29) is 36.6 Å². The smallest absolute Gasteiger partial charge is 0.355 e. The van der Waals surface area contributed by atoms with Gasteiger partial charge in [0.15, 0.2) is 0 Å². The second-order valence-corrected chi connectivity index (χ2v) is 13.5. The van der Waals surface area contributed by atoms with Crippen LogP contribution in [0.1, 0.15) is 30.8 Å². The lowest BCUT2D eigenvalue weighted by atomic mass is 9.51. The molecule has 244 valence electrons. The molecule has 0 aromatic carbocycles. The Morgan fingerprint density at radius 3 is 2.59 bits per heavy atom. The van der Waals surface area contributed by atoms with E-state index < -0.39 is 77.6 Å². The summed E-state index contributed by atoms with van der Waals surface area (Å²) < 4.78 is 35.6. The maximum absolute atomic E-state index is 13.8. The fourth-order valence-electron chi connectivity index (χ4n) is 8.09. The van der Waals surface area contributed by atoms with Crippen molar-refractivity contribution in [3.05, 3.63) is 45.2 Å². The lowest BCUT2D eigenvalue weighted by Crippen LogP contribution is -2.66. The molecule has 0 radical (unpaired) electrons. The van der Waals surface area contributed by atoms with Crippen LogP contribution in [0.15, 0.2) is 34.3 Å². The van der Waals surface area contributed by atoms with Gasteiger partial charge in [0.1, 0.15) is 29.2 Å². The third kappa shape index (κ3) is 5.70. The molecule has 4 aliphatic rings. The first kappa shape index (κ1) is 33.6. The van der Waals surface area contributed by atoms with Gasteiger partial charge in [0.25, 0.3) is 0 Å². The van der Waals surface area contributed by atoms with Gasteiger partial charge in [-0.25, -0.2) is 4.79 Å². The molecule has 11 nitrogen and oxygen atoms in total. The second-order valence-electron chi connectivity index (χ2n) is 12.3. The monoisotopic (exact) mass is 701 g/mol. The van der Waals surface area contributed by atoms with Crippen molar-refractivity contribution in [3.63, 3.8) is 0 Å². The SMILES string of the molecule is COC[C@@H]1[C@@H](O)[C@@H]2C[C@@H](O[C@@H]3C=C[C@@H]4[C@@H](COC)C(=O)O[C@H]([C@H](O)COC)[C@H](C)/C=C(\C)[C@@]432)[C@@H]1OC(=O)c1cc(Br)c(Cl)[nH]1. The number of H-pyrrole nitrogens is 1. The molecule has 2 aliphatic heterocycles. The summed E-state index contributed by atoms with van der Waals surface area (Å²) in [6, 6.07) is 1.54. The zero-order chi connectivity index (χ0) is 31.9. The van der Waals surface area contributed by atoms with Crippen LogP contribution in [0, 0.1) is 35.0 Å². The number of methoxy groups -OCH3 is 3. The Bertz CT molecular complexity index is 1270. The van der Waals surface area contributed by atoms with Crippen molar-refractivity contribution >= 4 is 39.5 Å². The third-order valence-electron chi connectivity index (χ3n) is 9.89. The summed E-state index contributed by atoms with van der Waals surface area (Å²) in [7, 11) is 4.53. The van der Waals surface area contributed by atoms with Crippen LogP contribution in [0.3, 0.4) is 0 Å². The normalized spacial score (nSPS) is 40.0. The summed E-state index contributed by atoms with van der Waals surface area (Å²) in [5.41, 5.74) is 0.240. The van der Waals surface area contributed by atoms with Crippen LogP contribution in [0.5, 0.6) is 0 Å². The van der Waals surface area contributed by atoms with Gasteiger partial charge in [-0.05, 0) is 35.3 Å². The van der Waals surface area contributed by atoms with Gasteiger partial charge in [0.2, 0.25) is 0 Å². The first-order valence-electron chi connectivity index (χ1n) is 14.8. The number of halogens is 2. The zero-order valence-corrected chi connectivity index (χ0v) is 27.7. The summed E-state index contributed by atoms with van der Waals surface area (Å²) in [5.74, 6) is -3.72. The van der Waals surface area contributed by atoms with E-state index in [0.717, 1.165) is 5.57 Å². The van der Waals surface area contributed by atoms with Crippen LogP contribution in [-0.2, 0) is 33.2 Å². The third-order valence-corrected chi connectivity index (χ3v) is 11.0. The molecular formula is C31H41BrClNO10. The molecule has 0 unspecified atom stereocenters. The van der Waals surface area contributed by atoms with Crippen LogP contribution in [0.4, 0.5) is 0 Å². The summed E-state index contributed by atoms with van der Waals surface area (Å²) in [6.45, 7) is 4.05. The zero-order valence-electron chi connectivity index (χ0n) is 25.4. The topological polar surface area (TPSA) is 146 Å². The van der Waals surface area contributed by atoms with Crippen molar-refractivity contribution in [2.45, 2.75) is 56.9 Å². The molecule has 44 heavy (non-hydrogen) atoms. The molecule has 1 saturated heterocycles. The summed E-state index contributed by atoms with van der Waals surface area (Å²) in [6.07, 6.45) is 1.49. The quantitative estimate of drug-likeness (QED) is 0.259. The van der Waals surface area contributed by atoms with Gasteiger partial charge in [-0.15, -0.1) is 0 Å². The number of esters is 2. The van der Waals surface area contributed by atoms with Crippen molar-refractivity contribution in [1.29, 1.82) is 0 Å². The number of cyclic esters (lactones) is 1. The second kappa shape index (κ2) is 13.5. The van der Waals surface area contributed by atoms with E-state index in [9.17, 15) is 19.8 Å². The highest BCUT2D eigenvalue weighted by molar-refractivity contribution is 9.10. The molecule has 1 aromatic heterocycles. The Kier molecular flexibility index (Phi) is 10.3. The molecular weight excluding hydrogens is 662 g/mol. The number of fused-ring (bicyclic) bond motifs is 2. The lowest BCUT2D eigenvalue weighted by Gasteiger charge is -2.59. The first-order valence-corrected chi connectivity index (χ1v) is 16.0. The van der Waals surface area contributed by atoms with Crippen LogP contribution in [0.2, 0.25) is 5.15 Å². The number of aromatic amines is 1. The molecule has 5 rings (SSSR count). The number of hydrogen-bond acceptors (Lipinski definition) is 10. The standard InChI is InChI=1S/C31H41BrClNO10/c1-14-8-15(2)31-18(16(11-39-3)29(37)43-26(14)22(35)13-41-5)6-7-24(31)42-23-9-19(31)25(36)17(12-40-4)27(23)44-30(38)21-10-20(32)28(33)34-21/h6-8,10,14,16-19,22-27,34-36H,9,11-13H2,1-5H3/b15-8+/t14-,16-,17-,18-,19+,22-,23-,24-,25-,26+,27-,31+/m1/s1.